The van der Waals surface area contributed by atoms with E-state index in [4.69, 9.17) is 4.74 Å². The Morgan fingerprint density at radius 2 is 1.90 bits per heavy atom. The van der Waals surface area contributed by atoms with E-state index in [0.29, 0.717) is 31.5 Å². The first kappa shape index (κ1) is 21.5. The number of aryl methyl sites for hydroxylation is 2. The molecule has 0 saturated carbocycles. The molecule has 1 aromatic heterocycles. The van der Waals surface area contributed by atoms with Gasteiger partial charge in [0.15, 0.2) is 0 Å². The monoisotopic (exact) mass is 423 g/mol. The van der Waals surface area contributed by atoms with Crippen molar-refractivity contribution in [1.29, 1.82) is 0 Å². The van der Waals surface area contributed by atoms with E-state index in [-0.39, 0.29) is 5.82 Å². The Hall–Kier alpha value is -2.70. The number of hydrogen-bond acceptors (Lipinski definition) is 4. The van der Waals surface area contributed by atoms with Crippen molar-refractivity contribution in [3.05, 3.63) is 81.9 Å². The Morgan fingerprint density at radius 3 is 2.55 bits per heavy atom. The summed E-state index contributed by atoms with van der Waals surface area (Å²) in [5.74, 6) is 0.541. The SMILES string of the molecule is COc1ccc(CN2CCC(O)(c3ccccc3F)CC2)cc1Cc1c(C)n[nH]c1C. The molecule has 1 aliphatic rings. The molecular weight excluding hydrogens is 393 g/mol. The second kappa shape index (κ2) is 8.81. The van der Waals surface area contributed by atoms with Gasteiger partial charge in [0.25, 0.3) is 0 Å². The Kier molecular flexibility index (Phi) is 6.12. The lowest BCUT2D eigenvalue weighted by Crippen LogP contribution is -2.42. The number of rotatable bonds is 6. The number of methoxy groups -OCH3 is 1. The van der Waals surface area contributed by atoms with Crippen LogP contribution in [0.2, 0.25) is 0 Å². The summed E-state index contributed by atoms with van der Waals surface area (Å²) in [5.41, 5.74) is 4.93. The number of aromatic nitrogens is 2. The zero-order valence-corrected chi connectivity index (χ0v) is 18.4. The second-order valence-corrected chi connectivity index (χ2v) is 8.52. The minimum Gasteiger partial charge on any atom is -0.496 e. The molecule has 0 radical (unpaired) electrons. The van der Waals surface area contributed by atoms with Gasteiger partial charge in [-0.05, 0) is 49.9 Å². The van der Waals surface area contributed by atoms with Crippen molar-refractivity contribution in [1.82, 2.24) is 15.1 Å². The van der Waals surface area contributed by atoms with Gasteiger partial charge in [-0.15, -0.1) is 0 Å². The van der Waals surface area contributed by atoms with Crippen LogP contribution in [0.15, 0.2) is 42.5 Å². The van der Waals surface area contributed by atoms with E-state index in [1.807, 2.05) is 19.9 Å². The number of aliphatic hydroxyl groups is 1. The predicted octanol–water partition coefficient (Wildman–Crippen LogP) is 4.25. The lowest BCUT2D eigenvalue weighted by atomic mass is 9.84. The molecule has 1 fully saturated rings. The van der Waals surface area contributed by atoms with Gasteiger partial charge in [0.2, 0.25) is 0 Å². The normalized spacial score (nSPS) is 16.4. The van der Waals surface area contributed by atoms with Crippen LogP contribution < -0.4 is 4.74 Å². The average molecular weight is 424 g/mol. The van der Waals surface area contributed by atoms with Crippen LogP contribution in [0.4, 0.5) is 4.39 Å². The molecule has 0 atom stereocenters. The highest BCUT2D eigenvalue weighted by atomic mass is 19.1. The van der Waals surface area contributed by atoms with Crippen LogP contribution >= 0.6 is 0 Å². The minimum atomic E-state index is -1.09. The van der Waals surface area contributed by atoms with Gasteiger partial charge in [0.1, 0.15) is 11.6 Å². The van der Waals surface area contributed by atoms with Gasteiger partial charge < -0.3 is 9.84 Å². The number of nitrogens with zero attached hydrogens (tertiary/aromatic N) is 2. The van der Waals surface area contributed by atoms with Gasteiger partial charge in [-0.3, -0.25) is 10.00 Å². The third-order valence-corrected chi connectivity index (χ3v) is 6.46. The molecule has 0 spiro atoms. The van der Waals surface area contributed by atoms with Crippen molar-refractivity contribution in [3.8, 4) is 5.75 Å². The number of piperidine rings is 1. The summed E-state index contributed by atoms with van der Waals surface area (Å²) in [6, 6.07) is 12.9. The molecule has 5 nitrogen and oxygen atoms in total. The summed E-state index contributed by atoms with van der Waals surface area (Å²) in [6.07, 6.45) is 1.80. The van der Waals surface area contributed by atoms with Gasteiger partial charge >= 0.3 is 0 Å². The predicted molar refractivity (Wildman–Crippen MR) is 119 cm³/mol. The lowest BCUT2D eigenvalue weighted by Gasteiger charge is -2.38. The molecule has 0 bridgehead atoms. The molecule has 2 N–H and O–H groups in total. The Morgan fingerprint density at radius 1 is 1.16 bits per heavy atom. The van der Waals surface area contributed by atoms with Crippen LogP contribution in [0.1, 0.15) is 46.5 Å². The summed E-state index contributed by atoms with van der Waals surface area (Å²) < 4.78 is 19.8. The maximum absolute atomic E-state index is 14.2. The van der Waals surface area contributed by atoms with Crippen molar-refractivity contribution in [2.45, 2.75) is 45.3 Å². The number of aromatic amines is 1. The summed E-state index contributed by atoms with van der Waals surface area (Å²) in [5, 5.41) is 18.4. The summed E-state index contributed by atoms with van der Waals surface area (Å²) >= 11 is 0. The van der Waals surface area contributed by atoms with Gasteiger partial charge in [0.05, 0.1) is 18.4 Å². The lowest BCUT2D eigenvalue weighted by molar-refractivity contribution is -0.0302. The highest BCUT2D eigenvalue weighted by Gasteiger charge is 2.35. The largest absolute Gasteiger partial charge is 0.496 e. The van der Waals surface area contributed by atoms with Crippen molar-refractivity contribution in [3.63, 3.8) is 0 Å². The average Bonchev–Trinajstić information content (AvgIpc) is 3.08. The van der Waals surface area contributed by atoms with Crippen LogP contribution in [0.5, 0.6) is 5.75 Å². The molecular formula is C25H30FN3O2. The fraction of sp³-hybridized carbons (Fsp3) is 0.400. The zero-order valence-electron chi connectivity index (χ0n) is 18.4. The van der Waals surface area contributed by atoms with Crippen LogP contribution in [-0.2, 0) is 18.6 Å². The fourth-order valence-electron chi connectivity index (χ4n) is 4.54. The van der Waals surface area contributed by atoms with Gasteiger partial charge in [-0.25, -0.2) is 4.39 Å². The highest BCUT2D eigenvalue weighted by molar-refractivity contribution is 5.42. The molecule has 0 aliphatic carbocycles. The maximum atomic E-state index is 14.2. The number of H-pyrrole nitrogens is 1. The Balaban J connectivity index is 1.46. The van der Waals surface area contributed by atoms with Crippen LogP contribution in [0.25, 0.3) is 0 Å². The molecule has 31 heavy (non-hydrogen) atoms. The van der Waals surface area contributed by atoms with Gasteiger partial charge in [-0.2, -0.15) is 5.10 Å². The topological polar surface area (TPSA) is 61.4 Å². The highest BCUT2D eigenvalue weighted by Crippen LogP contribution is 2.35. The maximum Gasteiger partial charge on any atom is 0.129 e. The van der Waals surface area contributed by atoms with Crippen molar-refractivity contribution in [2.24, 2.45) is 0 Å². The van der Waals surface area contributed by atoms with E-state index in [0.717, 1.165) is 35.7 Å². The van der Waals surface area contributed by atoms with E-state index in [1.54, 1.807) is 25.3 Å². The summed E-state index contributed by atoms with van der Waals surface area (Å²) in [7, 11) is 1.70. The number of nitrogens with one attached hydrogen (secondary N) is 1. The first-order valence-electron chi connectivity index (χ1n) is 10.8. The van der Waals surface area contributed by atoms with Gasteiger partial charge in [-0.1, -0.05) is 30.3 Å². The third kappa shape index (κ3) is 4.50. The fourth-order valence-corrected chi connectivity index (χ4v) is 4.54. The molecule has 2 heterocycles. The van der Waals surface area contributed by atoms with Crippen LogP contribution in [0, 0.1) is 19.7 Å². The van der Waals surface area contributed by atoms with Crippen LogP contribution in [0.3, 0.4) is 0 Å². The van der Waals surface area contributed by atoms with E-state index in [9.17, 15) is 9.50 Å². The third-order valence-electron chi connectivity index (χ3n) is 6.46. The first-order chi connectivity index (χ1) is 14.9. The molecule has 1 saturated heterocycles. The van der Waals surface area contributed by atoms with Crippen molar-refractivity contribution >= 4 is 0 Å². The first-order valence-corrected chi connectivity index (χ1v) is 10.8. The zero-order chi connectivity index (χ0) is 22.0. The van der Waals surface area contributed by atoms with E-state index >= 15 is 0 Å². The molecule has 4 rings (SSSR count). The van der Waals surface area contributed by atoms with E-state index < -0.39 is 5.60 Å². The Labute approximate surface area is 182 Å². The quantitative estimate of drug-likeness (QED) is 0.622. The number of ether oxygens (including phenoxy) is 1. The van der Waals surface area contributed by atoms with Gasteiger partial charge in [0, 0.05) is 42.9 Å². The minimum absolute atomic E-state index is 0.330. The Bertz CT molecular complexity index is 1040. The van der Waals surface area contributed by atoms with Crippen molar-refractivity contribution < 1.29 is 14.2 Å². The molecule has 164 valence electrons. The van der Waals surface area contributed by atoms with Crippen molar-refractivity contribution in [2.75, 3.05) is 20.2 Å². The smallest absolute Gasteiger partial charge is 0.129 e. The summed E-state index contributed by atoms with van der Waals surface area (Å²) in [6.45, 7) is 6.27. The number of benzene rings is 2. The molecule has 3 aromatic rings. The molecule has 0 unspecified atom stereocenters. The standard InChI is InChI=1S/C25H30FN3O2/c1-17-21(18(2)28-27-17)15-20-14-19(8-9-24(20)31-3)16-29-12-10-25(30,11-13-29)22-6-4-5-7-23(22)26/h4-9,14,30H,10-13,15-16H2,1-3H3,(H,27,28). The molecule has 1 aliphatic heterocycles. The summed E-state index contributed by atoms with van der Waals surface area (Å²) in [4.78, 5) is 2.31. The van der Waals surface area contributed by atoms with Crippen LogP contribution in [-0.4, -0.2) is 40.4 Å². The number of likely N-dealkylation sites (tertiary alicyclic amines) is 1. The molecule has 6 heteroatoms. The van der Waals surface area contributed by atoms with E-state index in [2.05, 4.69) is 27.2 Å². The number of hydrogen-bond donors (Lipinski definition) is 2. The molecule has 2 aromatic carbocycles. The second-order valence-electron chi connectivity index (χ2n) is 8.52. The van der Waals surface area contributed by atoms with E-state index in [1.165, 1.54) is 17.2 Å². The molecule has 0 amide bonds. The number of halogens is 1.